The molecule has 1 heterocycles. The van der Waals surface area contributed by atoms with Crippen LogP contribution in [0.25, 0.3) is 0 Å². The lowest BCUT2D eigenvalue weighted by molar-refractivity contribution is -0.276. The molecule has 0 saturated carbocycles. The SMILES string of the molecule is Cc1cc(OC(F)(F)F)nc(C)n1. The van der Waals surface area contributed by atoms with Crippen LogP contribution >= 0.6 is 0 Å². The van der Waals surface area contributed by atoms with E-state index in [4.69, 9.17) is 0 Å². The van der Waals surface area contributed by atoms with Gasteiger partial charge in [0.1, 0.15) is 5.82 Å². The molecule has 0 atom stereocenters. The van der Waals surface area contributed by atoms with Gasteiger partial charge in [0.25, 0.3) is 0 Å². The first-order valence-electron chi connectivity index (χ1n) is 3.45. The molecule has 0 aromatic carbocycles. The Hall–Kier alpha value is -1.33. The van der Waals surface area contributed by atoms with Gasteiger partial charge in [-0.25, -0.2) is 4.98 Å². The maximum Gasteiger partial charge on any atom is 0.574 e. The second kappa shape index (κ2) is 3.20. The average Bonchev–Trinajstić information content (AvgIpc) is 1.78. The molecule has 1 aromatic rings. The van der Waals surface area contributed by atoms with Crippen LogP contribution in [0.1, 0.15) is 11.5 Å². The van der Waals surface area contributed by atoms with Gasteiger partial charge in [-0.15, -0.1) is 13.2 Å². The van der Waals surface area contributed by atoms with Crippen LogP contribution in [0.4, 0.5) is 13.2 Å². The molecule has 0 radical (unpaired) electrons. The van der Waals surface area contributed by atoms with Crippen LogP contribution < -0.4 is 4.74 Å². The summed E-state index contributed by atoms with van der Waals surface area (Å²) in [6, 6.07) is 1.13. The molecule has 72 valence electrons. The molecule has 0 aliphatic heterocycles. The standard InChI is InChI=1S/C7H7F3N2O/c1-4-3-6(12-5(2)11-4)13-7(8,9)10/h3H,1-2H3. The van der Waals surface area contributed by atoms with E-state index in [0.29, 0.717) is 5.69 Å². The molecule has 0 N–H and O–H groups in total. The maximum atomic E-state index is 11.7. The molecule has 0 unspecified atom stereocenters. The van der Waals surface area contributed by atoms with Crippen molar-refractivity contribution in [3.05, 3.63) is 17.6 Å². The Morgan fingerprint density at radius 1 is 1.23 bits per heavy atom. The topological polar surface area (TPSA) is 35.0 Å². The highest BCUT2D eigenvalue weighted by molar-refractivity contribution is 5.14. The van der Waals surface area contributed by atoms with Crippen molar-refractivity contribution in [1.29, 1.82) is 0 Å². The smallest absolute Gasteiger partial charge is 0.388 e. The zero-order chi connectivity index (χ0) is 10.1. The lowest BCUT2D eigenvalue weighted by Gasteiger charge is -2.08. The fourth-order valence-corrected chi connectivity index (χ4v) is 0.854. The zero-order valence-corrected chi connectivity index (χ0v) is 7.01. The molecule has 0 aliphatic carbocycles. The molecule has 0 spiro atoms. The molecule has 3 nitrogen and oxygen atoms in total. The number of rotatable bonds is 1. The summed E-state index contributed by atoms with van der Waals surface area (Å²) in [7, 11) is 0. The number of hydrogen-bond donors (Lipinski definition) is 0. The van der Waals surface area contributed by atoms with E-state index in [0.717, 1.165) is 6.07 Å². The molecule has 0 bridgehead atoms. The van der Waals surface area contributed by atoms with Crippen LogP contribution in [0.15, 0.2) is 6.07 Å². The Kier molecular flexibility index (Phi) is 2.40. The molecule has 0 saturated heterocycles. The van der Waals surface area contributed by atoms with Gasteiger partial charge in [0.15, 0.2) is 0 Å². The van der Waals surface area contributed by atoms with Crippen molar-refractivity contribution in [3.63, 3.8) is 0 Å². The molecule has 1 aromatic heterocycles. The van der Waals surface area contributed by atoms with Crippen LogP contribution in [0.3, 0.4) is 0 Å². The lowest BCUT2D eigenvalue weighted by Crippen LogP contribution is -2.18. The number of alkyl halides is 3. The van der Waals surface area contributed by atoms with Crippen molar-refractivity contribution in [2.45, 2.75) is 20.2 Å². The maximum absolute atomic E-state index is 11.7. The molecule has 0 fully saturated rings. The Labute approximate surface area is 72.6 Å². The van der Waals surface area contributed by atoms with Crippen LogP contribution in [-0.2, 0) is 0 Å². The fraction of sp³-hybridized carbons (Fsp3) is 0.429. The van der Waals surface area contributed by atoms with Crippen LogP contribution in [0, 0.1) is 13.8 Å². The number of ether oxygens (including phenoxy) is 1. The van der Waals surface area contributed by atoms with Crippen molar-refractivity contribution in [2.24, 2.45) is 0 Å². The summed E-state index contributed by atoms with van der Waals surface area (Å²) in [6.45, 7) is 3.06. The minimum atomic E-state index is -4.70. The third-order valence-electron chi connectivity index (χ3n) is 1.16. The number of aromatic nitrogens is 2. The van der Waals surface area contributed by atoms with Crippen LogP contribution in [0.2, 0.25) is 0 Å². The van der Waals surface area contributed by atoms with E-state index in [1.165, 1.54) is 6.92 Å². The Balaban J connectivity index is 2.90. The van der Waals surface area contributed by atoms with E-state index in [-0.39, 0.29) is 5.82 Å². The van der Waals surface area contributed by atoms with Gasteiger partial charge in [-0.05, 0) is 13.8 Å². The third kappa shape index (κ3) is 3.27. The molecule has 6 heteroatoms. The number of nitrogens with zero attached hydrogens (tertiary/aromatic N) is 2. The highest BCUT2D eigenvalue weighted by atomic mass is 19.4. The van der Waals surface area contributed by atoms with E-state index in [2.05, 4.69) is 14.7 Å². The molecular formula is C7H7F3N2O. The second-order valence-electron chi connectivity index (χ2n) is 2.44. The van der Waals surface area contributed by atoms with Crippen molar-refractivity contribution in [3.8, 4) is 5.88 Å². The highest BCUT2D eigenvalue weighted by Gasteiger charge is 2.31. The van der Waals surface area contributed by atoms with E-state index >= 15 is 0 Å². The number of halogens is 3. The highest BCUT2D eigenvalue weighted by Crippen LogP contribution is 2.20. The summed E-state index contributed by atoms with van der Waals surface area (Å²) in [5.74, 6) is -0.225. The largest absolute Gasteiger partial charge is 0.574 e. The predicted molar refractivity (Wildman–Crippen MR) is 38.2 cm³/mol. The first-order valence-corrected chi connectivity index (χ1v) is 3.45. The van der Waals surface area contributed by atoms with Crippen molar-refractivity contribution in [2.75, 3.05) is 0 Å². The van der Waals surface area contributed by atoms with E-state index in [9.17, 15) is 13.2 Å². The third-order valence-corrected chi connectivity index (χ3v) is 1.16. The van der Waals surface area contributed by atoms with E-state index < -0.39 is 12.2 Å². The molecule has 1 rings (SSSR count). The summed E-state index contributed by atoms with van der Waals surface area (Å²) >= 11 is 0. The molecular weight excluding hydrogens is 185 g/mol. The van der Waals surface area contributed by atoms with Gasteiger partial charge in [0, 0.05) is 11.8 Å². The van der Waals surface area contributed by atoms with Crippen molar-refractivity contribution in [1.82, 2.24) is 9.97 Å². The van der Waals surface area contributed by atoms with Crippen molar-refractivity contribution >= 4 is 0 Å². The summed E-state index contributed by atoms with van der Waals surface area (Å²) in [5, 5.41) is 0. The second-order valence-corrected chi connectivity index (χ2v) is 2.44. The van der Waals surface area contributed by atoms with Gasteiger partial charge in [-0.1, -0.05) is 0 Å². The quantitative estimate of drug-likeness (QED) is 0.682. The normalized spacial score (nSPS) is 11.5. The lowest BCUT2D eigenvalue weighted by atomic mass is 10.4. The molecule has 0 aliphatic rings. The number of hydrogen-bond acceptors (Lipinski definition) is 3. The summed E-state index contributed by atoms with van der Waals surface area (Å²) < 4.78 is 38.8. The Morgan fingerprint density at radius 2 is 1.85 bits per heavy atom. The van der Waals surface area contributed by atoms with E-state index in [1.54, 1.807) is 6.92 Å². The van der Waals surface area contributed by atoms with Gasteiger partial charge in [0.2, 0.25) is 5.88 Å². The van der Waals surface area contributed by atoms with Crippen LogP contribution in [-0.4, -0.2) is 16.3 Å². The summed E-state index contributed by atoms with van der Waals surface area (Å²) in [5.41, 5.74) is 0.437. The Bertz CT molecular complexity index is 291. The Morgan fingerprint density at radius 3 is 2.31 bits per heavy atom. The zero-order valence-electron chi connectivity index (χ0n) is 7.01. The van der Waals surface area contributed by atoms with Gasteiger partial charge < -0.3 is 4.74 Å². The number of aryl methyl sites for hydroxylation is 2. The molecule has 0 amide bonds. The first kappa shape index (κ1) is 9.76. The van der Waals surface area contributed by atoms with Gasteiger partial charge >= 0.3 is 6.36 Å². The van der Waals surface area contributed by atoms with E-state index in [1.807, 2.05) is 0 Å². The summed E-state index contributed by atoms with van der Waals surface area (Å²) in [6.07, 6.45) is -4.70. The minimum Gasteiger partial charge on any atom is -0.388 e. The van der Waals surface area contributed by atoms with Gasteiger partial charge in [-0.3, -0.25) is 0 Å². The monoisotopic (exact) mass is 192 g/mol. The predicted octanol–water partition coefficient (Wildman–Crippen LogP) is 1.99. The minimum absolute atomic E-state index is 0.249. The fourth-order valence-electron chi connectivity index (χ4n) is 0.854. The molecule has 13 heavy (non-hydrogen) atoms. The van der Waals surface area contributed by atoms with Crippen molar-refractivity contribution < 1.29 is 17.9 Å². The average molecular weight is 192 g/mol. The summed E-state index contributed by atoms with van der Waals surface area (Å²) in [4.78, 5) is 7.27. The van der Waals surface area contributed by atoms with Gasteiger partial charge in [-0.2, -0.15) is 4.98 Å². The first-order chi connectivity index (χ1) is 5.87. The van der Waals surface area contributed by atoms with Gasteiger partial charge in [0.05, 0.1) is 0 Å². The van der Waals surface area contributed by atoms with Crippen LogP contribution in [0.5, 0.6) is 5.88 Å².